The van der Waals surface area contributed by atoms with Gasteiger partial charge in [-0.05, 0) is 26.3 Å². The number of unbranched alkanes of at least 4 members (excludes halogenated alkanes) is 1. The summed E-state index contributed by atoms with van der Waals surface area (Å²) in [6, 6.07) is 1.06. The molecule has 0 radical (unpaired) electrons. The van der Waals surface area contributed by atoms with Crippen molar-refractivity contribution in [1.82, 2.24) is 4.90 Å². The standard InChI is InChI=1S/C12H29NO4Si/c1-5-16-11-13(12-17-6-2)9-7-8-10-18(14-3)15-4/h18H,5-12H2,1-4H3. The van der Waals surface area contributed by atoms with Gasteiger partial charge in [0.2, 0.25) is 0 Å². The molecule has 0 aromatic heterocycles. The second kappa shape index (κ2) is 13.4. The van der Waals surface area contributed by atoms with Crippen LogP contribution in [0.15, 0.2) is 0 Å². The normalized spacial score (nSPS) is 11.7. The topological polar surface area (TPSA) is 40.2 Å². The third-order valence-electron chi connectivity index (χ3n) is 2.65. The lowest BCUT2D eigenvalue weighted by atomic mass is 10.3. The molecule has 0 aliphatic carbocycles. The molecule has 0 aromatic carbocycles. The van der Waals surface area contributed by atoms with Gasteiger partial charge in [-0.2, -0.15) is 0 Å². The molecule has 0 aliphatic rings. The Kier molecular flexibility index (Phi) is 13.5. The van der Waals surface area contributed by atoms with Crippen LogP contribution in [0.4, 0.5) is 0 Å². The molecule has 0 fully saturated rings. The van der Waals surface area contributed by atoms with E-state index >= 15 is 0 Å². The molecule has 6 heteroatoms. The Morgan fingerprint density at radius 2 is 1.44 bits per heavy atom. The van der Waals surface area contributed by atoms with Crippen LogP contribution in [0.25, 0.3) is 0 Å². The summed E-state index contributed by atoms with van der Waals surface area (Å²) < 4.78 is 21.4. The SMILES string of the molecule is CCOCN(CCCC[SiH](OC)OC)COCC. The Hall–Kier alpha value is 0.0169. The third-order valence-corrected chi connectivity index (χ3v) is 4.58. The van der Waals surface area contributed by atoms with Crippen LogP contribution in [0.2, 0.25) is 6.04 Å². The van der Waals surface area contributed by atoms with E-state index in [1.54, 1.807) is 14.2 Å². The van der Waals surface area contributed by atoms with Gasteiger partial charge >= 0.3 is 9.28 Å². The van der Waals surface area contributed by atoms with Gasteiger partial charge in [0, 0.05) is 34.0 Å². The molecule has 110 valence electrons. The van der Waals surface area contributed by atoms with Crippen molar-refractivity contribution in [2.24, 2.45) is 0 Å². The quantitative estimate of drug-likeness (QED) is 0.291. The van der Waals surface area contributed by atoms with E-state index in [2.05, 4.69) is 4.90 Å². The molecular weight excluding hydrogens is 250 g/mol. The average molecular weight is 279 g/mol. The Labute approximate surface area is 113 Å². The van der Waals surface area contributed by atoms with E-state index in [1.165, 1.54) is 0 Å². The zero-order valence-corrected chi connectivity index (χ0v) is 13.5. The van der Waals surface area contributed by atoms with Crippen molar-refractivity contribution < 1.29 is 18.3 Å². The molecule has 0 aliphatic heterocycles. The second-order valence-corrected chi connectivity index (χ2v) is 6.41. The van der Waals surface area contributed by atoms with Crippen LogP contribution in [0.3, 0.4) is 0 Å². The van der Waals surface area contributed by atoms with E-state index < -0.39 is 9.28 Å². The fourth-order valence-corrected chi connectivity index (χ4v) is 2.87. The van der Waals surface area contributed by atoms with E-state index in [9.17, 15) is 0 Å². The summed E-state index contributed by atoms with van der Waals surface area (Å²) >= 11 is 0. The van der Waals surface area contributed by atoms with Gasteiger partial charge in [0.25, 0.3) is 0 Å². The fourth-order valence-electron chi connectivity index (χ4n) is 1.59. The number of hydrogen-bond acceptors (Lipinski definition) is 5. The first-order chi connectivity index (χ1) is 8.78. The number of hydrogen-bond donors (Lipinski definition) is 0. The van der Waals surface area contributed by atoms with Gasteiger partial charge in [-0.3, -0.25) is 4.90 Å². The van der Waals surface area contributed by atoms with E-state index in [0.717, 1.165) is 38.6 Å². The zero-order valence-electron chi connectivity index (χ0n) is 12.3. The summed E-state index contributed by atoms with van der Waals surface area (Å²) in [5.41, 5.74) is 0. The monoisotopic (exact) mass is 279 g/mol. The minimum absolute atomic E-state index is 0.645. The predicted octanol–water partition coefficient (Wildman–Crippen LogP) is 1.57. The van der Waals surface area contributed by atoms with Gasteiger partial charge in [-0.25, -0.2) is 0 Å². The van der Waals surface area contributed by atoms with Crippen molar-refractivity contribution in [3.05, 3.63) is 0 Å². The van der Waals surface area contributed by atoms with Gasteiger partial charge in [-0.15, -0.1) is 0 Å². The first-order valence-electron chi connectivity index (χ1n) is 6.71. The largest absolute Gasteiger partial charge is 0.400 e. The van der Waals surface area contributed by atoms with Crippen molar-refractivity contribution in [2.75, 3.05) is 47.4 Å². The van der Waals surface area contributed by atoms with Crippen molar-refractivity contribution >= 4 is 9.28 Å². The second-order valence-electron chi connectivity index (χ2n) is 4.03. The van der Waals surface area contributed by atoms with Crippen molar-refractivity contribution in [2.45, 2.75) is 32.7 Å². The minimum atomic E-state index is -1.38. The molecule has 5 nitrogen and oxygen atoms in total. The van der Waals surface area contributed by atoms with E-state index in [1.807, 2.05) is 13.8 Å². The maximum atomic E-state index is 5.42. The van der Waals surface area contributed by atoms with Gasteiger partial charge in [0.15, 0.2) is 0 Å². The smallest absolute Gasteiger partial charge is 0.320 e. The van der Waals surface area contributed by atoms with Gasteiger partial charge in [0.1, 0.15) is 13.5 Å². The highest BCUT2D eigenvalue weighted by atomic mass is 28.3. The van der Waals surface area contributed by atoms with Crippen molar-refractivity contribution in [3.63, 3.8) is 0 Å². The van der Waals surface area contributed by atoms with Gasteiger partial charge < -0.3 is 18.3 Å². The molecule has 0 atom stereocenters. The van der Waals surface area contributed by atoms with Crippen molar-refractivity contribution in [1.29, 1.82) is 0 Å². The minimum Gasteiger partial charge on any atom is -0.400 e. The molecule has 18 heavy (non-hydrogen) atoms. The molecule has 0 heterocycles. The lowest BCUT2D eigenvalue weighted by Gasteiger charge is -2.21. The Balaban J connectivity index is 3.66. The highest BCUT2D eigenvalue weighted by Crippen LogP contribution is 2.04. The van der Waals surface area contributed by atoms with E-state index in [-0.39, 0.29) is 0 Å². The van der Waals surface area contributed by atoms with Crippen LogP contribution >= 0.6 is 0 Å². The molecule has 0 unspecified atom stereocenters. The molecule has 0 N–H and O–H groups in total. The molecule has 0 saturated heterocycles. The maximum absolute atomic E-state index is 5.42. The molecule has 0 saturated carbocycles. The van der Waals surface area contributed by atoms with Crippen molar-refractivity contribution in [3.8, 4) is 0 Å². The van der Waals surface area contributed by atoms with E-state index in [4.69, 9.17) is 18.3 Å². The summed E-state index contributed by atoms with van der Waals surface area (Å²) in [4.78, 5) is 2.18. The van der Waals surface area contributed by atoms with Crippen LogP contribution in [0, 0.1) is 0 Å². The number of ether oxygens (including phenoxy) is 2. The molecule has 0 bridgehead atoms. The summed E-state index contributed by atoms with van der Waals surface area (Å²) in [6.07, 6.45) is 2.25. The fraction of sp³-hybridized carbons (Fsp3) is 1.00. The lowest BCUT2D eigenvalue weighted by molar-refractivity contribution is -0.0394. The van der Waals surface area contributed by atoms with Crippen LogP contribution in [0.5, 0.6) is 0 Å². The summed E-state index contributed by atoms with van der Waals surface area (Å²) in [6.45, 7) is 7.78. The number of nitrogens with zero attached hydrogens (tertiary/aromatic N) is 1. The first kappa shape index (κ1) is 18.0. The molecular formula is C12H29NO4Si. The molecule has 0 aromatic rings. The van der Waals surface area contributed by atoms with Crippen LogP contribution < -0.4 is 0 Å². The van der Waals surface area contributed by atoms with Crippen LogP contribution in [-0.4, -0.2) is 61.6 Å². The Morgan fingerprint density at radius 3 is 1.89 bits per heavy atom. The van der Waals surface area contributed by atoms with Gasteiger partial charge in [-0.1, -0.05) is 6.42 Å². The van der Waals surface area contributed by atoms with Gasteiger partial charge in [0.05, 0.1) is 0 Å². The number of rotatable bonds is 13. The Morgan fingerprint density at radius 1 is 0.889 bits per heavy atom. The Bertz CT molecular complexity index is 162. The lowest BCUT2D eigenvalue weighted by Crippen LogP contribution is -2.30. The zero-order chi connectivity index (χ0) is 13.6. The van der Waals surface area contributed by atoms with E-state index in [0.29, 0.717) is 13.5 Å². The summed E-state index contributed by atoms with van der Waals surface area (Å²) in [5, 5.41) is 0. The molecule has 0 rings (SSSR count). The molecule has 0 amide bonds. The summed E-state index contributed by atoms with van der Waals surface area (Å²) in [7, 11) is 2.09. The first-order valence-corrected chi connectivity index (χ1v) is 8.47. The maximum Gasteiger partial charge on any atom is 0.320 e. The summed E-state index contributed by atoms with van der Waals surface area (Å²) in [5.74, 6) is 0. The average Bonchev–Trinajstić information content (AvgIpc) is 2.41. The highest BCUT2D eigenvalue weighted by molar-refractivity contribution is 6.44. The van der Waals surface area contributed by atoms with Crippen LogP contribution in [-0.2, 0) is 18.3 Å². The molecule has 0 spiro atoms. The predicted molar refractivity (Wildman–Crippen MR) is 74.9 cm³/mol. The third kappa shape index (κ3) is 9.99. The highest BCUT2D eigenvalue weighted by Gasteiger charge is 2.10. The van der Waals surface area contributed by atoms with Crippen LogP contribution in [0.1, 0.15) is 26.7 Å².